The Hall–Kier alpha value is -2.67. The van der Waals surface area contributed by atoms with Gasteiger partial charge in [0.2, 0.25) is 0 Å². The number of imidazole rings is 1. The number of likely N-dealkylation sites (tertiary alicyclic amines) is 1. The van der Waals surface area contributed by atoms with E-state index in [4.69, 9.17) is 0 Å². The Morgan fingerprint density at radius 1 is 1.28 bits per heavy atom. The average Bonchev–Trinajstić information content (AvgIpc) is 3.42. The summed E-state index contributed by atoms with van der Waals surface area (Å²) in [7, 11) is 0. The minimum absolute atomic E-state index is 0.00772. The second-order valence-corrected chi connectivity index (χ2v) is 6.47. The average molecular weight is 338 g/mol. The van der Waals surface area contributed by atoms with Gasteiger partial charge in [0.15, 0.2) is 0 Å². The molecule has 2 aromatic rings. The highest BCUT2D eigenvalue weighted by Gasteiger charge is 2.30. The molecule has 1 N–H and O–H groups in total. The van der Waals surface area contributed by atoms with Gasteiger partial charge in [0.05, 0.1) is 0 Å². The van der Waals surface area contributed by atoms with E-state index in [1.807, 2.05) is 27.8 Å². The first kappa shape index (κ1) is 15.8. The van der Waals surface area contributed by atoms with Crippen LogP contribution in [-0.4, -0.2) is 62.6 Å². The number of nitrogens with one attached hydrogen (secondary N) is 1. The van der Waals surface area contributed by atoms with Gasteiger partial charge in [-0.2, -0.15) is 0 Å². The van der Waals surface area contributed by atoms with E-state index >= 15 is 0 Å². The highest BCUT2D eigenvalue weighted by Crippen LogP contribution is 2.17. The molecule has 2 aliphatic heterocycles. The molecule has 0 saturated carbocycles. The summed E-state index contributed by atoms with van der Waals surface area (Å²) in [5.41, 5.74) is 0.983. The molecule has 2 amide bonds. The summed E-state index contributed by atoms with van der Waals surface area (Å²) in [6.45, 7) is 4.14. The van der Waals surface area contributed by atoms with Gasteiger partial charge < -0.3 is 10.2 Å². The summed E-state index contributed by atoms with van der Waals surface area (Å²) in [5.74, 6) is 0.814. The number of carbonyl (C=O) groups is 1. The lowest BCUT2D eigenvalue weighted by atomic mass is 10.2. The first-order chi connectivity index (χ1) is 12.3. The Morgan fingerprint density at radius 3 is 2.88 bits per heavy atom. The Bertz CT molecular complexity index is 731. The summed E-state index contributed by atoms with van der Waals surface area (Å²) < 4.78 is 1.85. The van der Waals surface area contributed by atoms with Crippen molar-refractivity contribution in [2.45, 2.75) is 19.0 Å². The first-order valence-corrected chi connectivity index (χ1v) is 8.65. The van der Waals surface area contributed by atoms with Crippen molar-refractivity contribution in [3.05, 3.63) is 54.8 Å². The number of amides is 2. The van der Waals surface area contributed by atoms with Crippen molar-refractivity contribution in [2.24, 2.45) is 0 Å². The van der Waals surface area contributed by atoms with Crippen LogP contribution in [0.25, 0.3) is 5.82 Å². The molecule has 0 aromatic carbocycles. The maximum Gasteiger partial charge on any atom is 0.317 e. The minimum Gasteiger partial charge on any atom is -0.334 e. The van der Waals surface area contributed by atoms with Crippen molar-refractivity contribution in [1.29, 1.82) is 0 Å². The fourth-order valence-corrected chi connectivity index (χ4v) is 3.37. The number of aromatic nitrogens is 3. The van der Waals surface area contributed by atoms with Gasteiger partial charge in [0.1, 0.15) is 12.1 Å². The quantitative estimate of drug-likeness (QED) is 0.857. The summed E-state index contributed by atoms with van der Waals surface area (Å²) >= 11 is 0. The summed E-state index contributed by atoms with van der Waals surface area (Å²) in [6.07, 6.45) is 12.5. The zero-order chi connectivity index (χ0) is 17.1. The summed E-state index contributed by atoms with van der Waals surface area (Å²) in [5, 5.41) is 3.00. The molecule has 4 heterocycles. The monoisotopic (exact) mass is 338 g/mol. The number of pyridine rings is 1. The van der Waals surface area contributed by atoms with Gasteiger partial charge in [-0.05, 0) is 18.1 Å². The molecule has 0 radical (unpaired) electrons. The fourth-order valence-electron chi connectivity index (χ4n) is 3.37. The number of carbonyl (C=O) groups excluding carboxylic acids is 1. The predicted octanol–water partition coefficient (Wildman–Crippen LogP) is 1.42. The first-order valence-electron chi connectivity index (χ1n) is 8.65. The van der Waals surface area contributed by atoms with Crippen LogP contribution >= 0.6 is 0 Å². The highest BCUT2D eigenvalue weighted by atomic mass is 16.2. The minimum atomic E-state index is 0.00772. The van der Waals surface area contributed by atoms with Crippen LogP contribution in [0.2, 0.25) is 0 Å². The third kappa shape index (κ3) is 3.56. The molecular formula is C18H22N6O. The lowest BCUT2D eigenvalue weighted by Gasteiger charge is -2.23. The summed E-state index contributed by atoms with van der Waals surface area (Å²) in [4.78, 5) is 25.1. The summed E-state index contributed by atoms with van der Waals surface area (Å²) in [6, 6.07) is 4.39. The van der Waals surface area contributed by atoms with Gasteiger partial charge in [-0.15, -0.1) is 0 Å². The Kier molecular flexibility index (Phi) is 4.47. The van der Waals surface area contributed by atoms with Gasteiger partial charge in [0, 0.05) is 57.4 Å². The van der Waals surface area contributed by atoms with Gasteiger partial charge in [-0.25, -0.2) is 14.8 Å². The molecule has 0 unspecified atom stereocenters. The molecule has 4 rings (SSSR count). The van der Waals surface area contributed by atoms with E-state index in [9.17, 15) is 4.79 Å². The lowest BCUT2D eigenvalue weighted by Crippen LogP contribution is -2.41. The Balaban J connectivity index is 1.27. The number of hydrogen-bond donors (Lipinski definition) is 1. The maximum absolute atomic E-state index is 12.4. The smallest absolute Gasteiger partial charge is 0.317 e. The van der Waals surface area contributed by atoms with Gasteiger partial charge >= 0.3 is 6.03 Å². The standard InChI is InChI=1S/C18H22N6O/c25-18(23-9-5-16(13-23)22-7-1-2-8-22)21-12-15-3-4-17(20-11-15)24-10-6-19-14-24/h1-4,6,10-11,14,16H,5,7-9,12-13H2,(H,21,25)/t16-/m1/s1. The fraction of sp³-hybridized carbons (Fsp3) is 0.389. The van der Waals surface area contributed by atoms with E-state index in [2.05, 4.69) is 32.3 Å². The molecule has 1 atom stereocenters. The highest BCUT2D eigenvalue weighted by molar-refractivity contribution is 5.74. The zero-order valence-corrected chi connectivity index (χ0v) is 14.1. The topological polar surface area (TPSA) is 66.3 Å². The van der Waals surface area contributed by atoms with Crippen molar-refractivity contribution in [2.75, 3.05) is 26.2 Å². The van der Waals surface area contributed by atoms with E-state index in [1.54, 1.807) is 18.7 Å². The molecule has 1 fully saturated rings. The molecule has 7 nitrogen and oxygen atoms in total. The van der Waals surface area contributed by atoms with Crippen LogP contribution in [0.15, 0.2) is 49.2 Å². The lowest BCUT2D eigenvalue weighted by molar-refractivity contribution is 0.199. The number of urea groups is 1. The molecule has 0 spiro atoms. The normalized spacial score (nSPS) is 20.3. The van der Waals surface area contributed by atoms with Crippen molar-refractivity contribution >= 4 is 6.03 Å². The van der Waals surface area contributed by atoms with Crippen molar-refractivity contribution < 1.29 is 4.79 Å². The molecular weight excluding hydrogens is 316 g/mol. The maximum atomic E-state index is 12.4. The van der Waals surface area contributed by atoms with Crippen molar-refractivity contribution in [3.63, 3.8) is 0 Å². The van der Waals surface area contributed by atoms with Crippen molar-refractivity contribution in [1.82, 2.24) is 29.7 Å². The van der Waals surface area contributed by atoms with Crippen LogP contribution < -0.4 is 5.32 Å². The van der Waals surface area contributed by atoms with Crippen LogP contribution in [0.5, 0.6) is 0 Å². The van der Waals surface area contributed by atoms with E-state index in [0.717, 1.165) is 44.0 Å². The van der Waals surface area contributed by atoms with Gasteiger partial charge in [0.25, 0.3) is 0 Å². The molecule has 1 saturated heterocycles. The molecule has 0 bridgehead atoms. The second kappa shape index (κ2) is 7.06. The van der Waals surface area contributed by atoms with Gasteiger partial charge in [-0.1, -0.05) is 18.2 Å². The van der Waals surface area contributed by atoms with Crippen LogP contribution in [-0.2, 0) is 6.54 Å². The second-order valence-electron chi connectivity index (χ2n) is 6.47. The largest absolute Gasteiger partial charge is 0.334 e. The molecule has 25 heavy (non-hydrogen) atoms. The number of nitrogens with zero attached hydrogens (tertiary/aromatic N) is 5. The Morgan fingerprint density at radius 2 is 2.16 bits per heavy atom. The molecule has 0 aliphatic carbocycles. The van der Waals surface area contributed by atoms with Crippen molar-refractivity contribution in [3.8, 4) is 5.82 Å². The van der Waals surface area contributed by atoms with E-state index in [0.29, 0.717) is 12.6 Å². The third-order valence-corrected chi connectivity index (χ3v) is 4.84. The van der Waals surface area contributed by atoms with Crippen LogP contribution in [0.4, 0.5) is 4.79 Å². The van der Waals surface area contributed by atoms with E-state index in [-0.39, 0.29) is 6.03 Å². The van der Waals surface area contributed by atoms with Gasteiger partial charge in [-0.3, -0.25) is 9.47 Å². The zero-order valence-electron chi connectivity index (χ0n) is 14.1. The molecule has 2 aliphatic rings. The molecule has 130 valence electrons. The number of rotatable bonds is 4. The number of hydrogen-bond acceptors (Lipinski definition) is 4. The van der Waals surface area contributed by atoms with Crippen LogP contribution in [0, 0.1) is 0 Å². The van der Waals surface area contributed by atoms with E-state index < -0.39 is 0 Å². The predicted molar refractivity (Wildman–Crippen MR) is 94.3 cm³/mol. The van der Waals surface area contributed by atoms with E-state index in [1.165, 1.54) is 0 Å². The molecule has 2 aromatic heterocycles. The SMILES string of the molecule is O=C(NCc1ccc(-n2ccnc2)nc1)N1CC[C@@H](N2CC=CC2)C1. The molecule has 7 heteroatoms. The van der Waals surface area contributed by atoms with Crippen LogP contribution in [0.1, 0.15) is 12.0 Å². The Labute approximate surface area is 147 Å². The van der Waals surface area contributed by atoms with Crippen LogP contribution in [0.3, 0.4) is 0 Å². The third-order valence-electron chi connectivity index (χ3n) is 4.84.